The lowest BCUT2D eigenvalue weighted by Gasteiger charge is -2.24. The Morgan fingerprint density at radius 2 is 1.72 bits per heavy atom. The van der Waals surface area contributed by atoms with Crippen LogP contribution in [-0.2, 0) is 21.4 Å². The summed E-state index contributed by atoms with van der Waals surface area (Å²) < 4.78 is 11.7. The number of ether oxygens (including phenoxy) is 2. The van der Waals surface area contributed by atoms with Gasteiger partial charge < -0.3 is 19.9 Å². The second-order valence-electron chi connectivity index (χ2n) is 6.54. The molecule has 2 N–H and O–H groups in total. The van der Waals surface area contributed by atoms with Crippen LogP contribution in [0.15, 0.2) is 48.5 Å². The maximum Gasteiger partial charge on any atom is 0.314 e. The molecule has 0 saturated carbocycles. The number of fused-ring (bicyclic) bond motifs is 1. The minimum atomic E-state index is -0.976. The fourth-order valence-electron chi connectivity index (χ4n) is 2.96. The molecule has 7 heteroatoms. The molecule has 0 aliphatic rings. The number of carbonyl (C=O) groups is 2. The molecule has 0 bridgehead atoms. The number of thiophene rings is 1. The van der Waals surface area contributed by atoms with E-state index in [4.69, 9.17) is 14.3 Å². The Morgan fingerprint density at radius 3 is 2.24 bits per heavy atom. The van der Waals surface area contributed by atoms with E-state index in [2.05, 4.69) is 5.32 Å². The van der Waals surface area contributed by atoms with Crippen molar-refractivity contribution in [3.05, 3.63) is 59.0 Å². The first-order valence-corrected chi connectivity index (χ1v) is 9.75. The van der Waals surface area contributed by atoms with E-state index >= 15 is 0 Å². The third-order valence-corrected chi connectivity index (χ3v) is 5.70. The second-order valence-corrected chi connectivity index (χ2v) is 7.71. The number of hydrogen-bond donors (Lipinski definition) is 2. The van der Waals surface area contributed by atoms with Crippen LogP contribution in [0.2, 0.25) is 0 Å². The van der Waals surface area contributed by atoms with Crippen molar-refractivity contribution in [3.63, 3.8) is 0 Å². The van der Waals surface area contributed by atoms with Gasteiger partial charge in [-0.2, -0.15) is 0 Å². The van der Waals surface area contributed by atoms with E-state index < -0.39 is 11.4 Å². The number of amides is 1. The first-order valence-electron chi connectivity index (χ1n) is 8.93. The summed E-state index contributed by atoms with van der Waals surface area (Å²) in [7, 11) is 4.77. The Labute approximate surface area is 174 Å². The molecule has 0 spiro atoms. The molecule has 1 heterocycles. The Balaban J connectivity index is 0.000000687. The molecule has 1 atom stereocenters. The highest BCUT2D eigenvalue weighted by molar-refractivity contribution is 7.19. The summed E-state index contributed by atoms with van der Waals surface area (Å²) in [6.45, 7) is 1.77. The van der Waals surface area contributed by atoms with Crippen LogP contribution in [0, 0.1) is 0 Å². The van der Waals surface area contributed by atoms with Crippen LogP contribution in [0.3, 0.4) is 0 Å². The topological polar surface area (TPSA) is 84.9 Å². The number of methoxy groups -OCH3 is 2. The third-order valence-electron chi connectivity index (χ3n) is 4.60. The van der Waals surface area contributed by atoms with Crippen LogP contribution in [0.25, 0.3) is 10.1 Å². The van der Waals surface area contributed by atoms with Gasteiger partial charge >= 0.3 is 5.97 Å². The van der Waals surface area contributed by atoms with Gasteiger partial charge in [0.1, 0.15) is 0 Å². The van der Waals surface area contributed by atoms with Crippen LogP contribution < -0.4 is 14.8 Å². The zero-order valence-electron chi connectivity index (χ0n) is 16.9. The number of nitrogens with one attached hydrogen (secondary N) is 1. The maximum absolute atomic E-state index is 12.0. The van der Waals surface area contributed by atoms with Crippen LogP contribution in [0.5, 0.6) is 11.5 Å². The van der Waals surface area contributed by atoms with Gasteiger partial charge in [0.25, 0.3) is 0 Å². The quantitative estimate of drug-likeness (QED) is 0.572. The lowest BCUT2D eigenvalue weighted by molar-refractivity contribution is -0.143. The Bertz CT molecular complexity index is 929. The highest BCUT2D eigenvalue weighted by atomic mass is 32.1. The van der Waals surface area contributed by atoms with Gasteiger partial charge in [-0.3, -0.25) is 9.59 Å². The molecule has 0 radical (unpaired) electrons. The third kappa shape index (κ3) is 5.06. The summed E-state index contributed by atoms with van der Waals surface area (Å²) in [5, 5.41) is 13.1. The fourth-order valence-corrected chi connectivity index (χ4v) is 4.19. The van der Waals surface area contributed by atoms with Crippen molar-refractivity contribution in [3.8, 4) is 11.5 Å². The average molecular weight is 416 g/mol. The number of carboxylic acid groups (broad SMARTS) is 1. The molecule has 0 saturated heterocycles. The first kappa shape index (κ1) is 22.2. The number of hydrogen-bond acceptors (Lipinski definition) is 5. The number of carboxylic acids is 1. The van der Waals surface area contributed by atoms with Gasteiger partial charge in [0, 0.05) is 29.1 Å². The van der Waals surface area contributed by atoms with E-state index in [0.29, 0.717) is 24.3 Å². The monoisotopic (exact) mass is 415 g/mol. The van der Waals surface area contributed by atoms with E-state index in [1.165, 1.54) is 0 Å². The van der Waals surface area contributed by atoms with E-state index in [9.17, 15) is 9.90 Å². The molecular formula is C22H25NO5S. The fraction of sp³-hybridized carbons (Fsp3) is 0.273. The van der Waals surface area contributed by atoms with Gasteiger partial charge in [-0.1, -0.05) is 30.3 Å². The molecule has 1 aromatic heterocycles. The molecule has 154 valence electrons. The van der Waals surface area contributed by atoms with Gasteiger partial charge in [-0.25, -0.2) is 0 Å². The number of aliphatic carboxylic acids is 1. The van der Waals surface area contributed by atoms with Gasteiger partial charge in [0.2, 0.25) is 6.41 Å². The summed E-state index contributed by atoms with van der Waals surface area (Å²) in [5.74, 6) is 0.516. The van der Waals surface area contributed by atoms with Crippen LogP contribution >= 0.6 is 11.3 Å². The van der Waals surface area contributed by atoms with Crippen molar-refractivity contribution < 1.29 is 24.2 Å². The van der Waals surface area contributed by atoms with Crippen molar-refractivity contribution in [2.75, 3.05) is 21.3 Å². The molecule has 3 aromatic rings. The van der Waals surface area contributed by atoms with Crippen LogP contribution in [0.4, 0.5) is 0 Å². The Kier molecular flexibility index (Phi) is 7.61. The number of carbonyl (C=O) groups excluding carboxylic acids is 1. The molecule has 0 aliphatic carbocycles. The zero-order chi connectivity index (χ0) is 21.4. The van der Waals surface area contributed by atoms with Gasteiger partial charge in [0.05, 0.1) is 19.6 Å². The SMILES string of the molecule is CNC=O.COc1cc2cc(CC(C)(C(=O)O)c3ccccc3)sc2cc1OC. The summed E-state index contributed by atoms with van der Waals surface area (Å²) in [6, 6.07) is 15.3. The van der Waals surface area contributed by atoms with E-state index in [0.717, 1.165) is 20.5 Å². The number of rotatable bonds is 7. The molecule has 1 amide bonds. The second kappa shape index (κ2) is 9.93. The minimum absolute atomic E-state index is 0.427. The van der Waals surface area contributed by atoms with Crippen molar-refractivity contribution in [1.29, 1.82) is 0 Å². The van der Waals surface area contributed by atoms with Crippen LogP contribution in [-0.4, -0.2) is 38.8 Å². The standard InChI is InChI=1S/C20H20O4S.C2H5NO/c1-20(19(21)22,14-7-5-4-6-8-14)12-15-9-13-10-16(23-2)17(24-3)11-18(13)25-15;1-3-2-4/h4-11H,12H2,1-3H3,(H,21,22);2H,1H3,(H,3,4). The molecule has 0 aliphatic heterocycles. The lowest BCUT2D eigenvalue weighted by atomic mass is 9.79. The smallest absolute Gasteiger partial charge is 0.314 e. The Morgan fingerprint density at radius 1 is 1.14 bits per heavy atom. The summed E-state index contributed by atoms with van der Waals surface area (Å²) in [6.07, 6.45) is 1.05. The van der Waals surface area contributed by atoms with Gasteiger partial charge in [-0.15, -0.1) is 11.3 Å². The lowest BCUT2D eigenvalue weighted by Crippen LogP contribution is -2.34. The van der Waals surface area contributed by atoms with E-state index in [1.54, 1.807) is 39.5 Å². The summed E-state index contributed by atoms with van der Waals surface area (Å²) >= 11 is 1.59. The van der Waals surface area contributed by atoms with Crippen molar-refractivity contribution in [2.24, 2.45) is 0 Å². The Hall–Kier alpha value is -3.06. The van der Waals surface area contributed by atoms with Crippen molar-refractivity contribution >= 4 is 33.8 Å². The highest BCUT2D eigenvalue weighted by Gasteiger charge is 2.35. The molecule has 1 unspecified atom stereocenters. The normalized spacial score (nSPS) is 12.3. The predicted octanol–water partition coefficient (Wildman–Crippen LogP) is 3.87. The maximum atomic E-state index is 12.0. The first-order chi connectivity index (χ1) is 13.9. The van der Waals surface area contributed by atoms with Crippen molar-refractivity contribution in [1.82, 2.24) is 5.32 Å². The highest BCUT2D eigenvalue weighted by Crippen LogP contribution is 2.39. The molecule has 6 nitrogen and oxygen atoms in total. The van der Waals surface area contributed by atoms with E-state index in [-0.39, 0.29) is 0 Å². The minimum Gasteiger partial charge on any atom is -0.493 e. The van der Waals surface area contributed by atoms with Crippen molar-refractivity contribution in [2.45, 2.75) is 18.8 Å². The largest absolute Gasteiger partial charge is 0.493 e. The molecular weight excluding hydrogens is 390 g/mol. The molecule has 0 fully saturated rings. The summed E-state index contributed by atoms with van der Waals surface area (Å²) in [5.41, 5.74) is -0.175. The molecule has 29 heavy (non-hydrogen) atoms. The number of benzene rings is 2. The zero-order valence-corrected chi connectivity index (χ0v) is 17.7. The average Bonchev–Trinajstić information content (AvgIpc) is 3.13. The van der Waals surface area contributed by atoms with Gasteiger partial charge in [-0.05, 0) is 30.0 Å². The molecule has 2 aromatic carbocycles. The molecule has 3 rings (SSSR count). The summed E-state index contributed by atoms with van der Waals surface area (Å²) in [4.78, 5) is 22.1. The van der Waals surface area contributed by atoms with E-state index in [1.807, 2.05) is 48.5 Å². The van der Waals surface area contributed by atoms with Gasteiger partial charge in [0.15, 0.2) is 11.5 Å². The van der Waals surface area contributed by atoms with Crippen LogP contribution in [0.1, 0.15) is 17.4 Å². The predicted molar refractivity (Wildman–Crippen MR) is 115 cm³/mol.